The van der Waals surface area contributed by atoms with Crippen molar-refractivity contribution in [2.75, 3.05) is 39.5 Å². The fraction of sp³-hybridized carbons (Fsp3) is 0.750. The van der Waals surface area contributed by atoms with Crippen molar-refractivity contribution in [3.63, 3.8) is 0 Å². The lowest BCUT2D eigenvalue weighted by Gasteiger charge is -2.17. The number of carboxylic acid groups (broad SMARTS) is 2. The summed E-state index contributed by atoms with van der Waals surface area (Å²) >= 11 is 0. The maximum absolute atomic E-state index is 10.3. The number of carboxylic acids is 2. The molecule has 8 nitrogen and oxygen atoms in total. The number of hydrogen-bond acceptors (Lipinski definition) is 6. The molecule has 0 rings (SSSR count). The fourth-order valence-corrected chi connectivity index (χ4v) is 0.841. The topological polar surface area (TPSA) is 117 Å². The molecule has 0 fully saturated rings. The first kappa shape index (κ1) is 14.8. The van der Waals surface area contributed by atoms with E-state index in [2.05, 4.69) is 0 Å². The predicted octanol–water partition coefficient (Wildman–Crippen LogP) is -1.60. The van der Waals surface area contributed by atoms with Gasteiger partial charge in [-0.15, -0.1) is 0 Å². The van der Waals surface area contributed by atoms with Gasteiger partial charge in [-0.25, -0.2) is 0 Å². The van der Waals surface area contributed by atoms with E-state index in [-0.39, 0.29) is 26.4 Å². The molecule has 0 saturated heterocycles. The van der Waals surface area contributed by atoms with Crippen molar-refractivity contribution < 1.29 is 34.5 Å². The number of rotatable bonds is 10. The molecule has 0 aliphatic heterocycles. The van der Waals surface area contributed by atoms with E-state index in [0.29, 0.717) is 0 Å². The third kappa shape index (κ3) is 9.34. The molecule has 8 heteroatoms. The fourth-order valence-electron chi connectivity index (χ4n) is 0.841. The Labute approximate surface area is 91.9 Å². The van der Waals surface area contributed by atoms with Gasteiger partial charge < -0.3 is 20.1 Å². The summed E-state index contributed by atoms with van der Waals surface area (Å²) < 4.78 is 4.85. The molecule has 0 heterocycles. The van der Waals surface area contributed by atoms with E-state index in [1.54, 1.807) is 0 Å². The minimum Gasteiger partial charge on any atom is -0.480 e. The van der Waals surface area contributed by atoms with Gasteiger partial charge in [0, 0.05) is 0 Å². The van der Waals surface area contributed by atoms with Crippen LogP contribution in [0.5, 0.6) is 0 Å². The summed E-state index contributed by atoms with van der Waals surface area (Å²) in [6.07, 6.45) is 0. The van der Waals surface area contributed by atoms with Crippen LogP contribution in [0.1, 0.15) is 0 Å². The predicted molar refractivity (Wildman–Crippen MR) is 50.7 cm³/mol. The van der Waals surface area contributed by atoms with Gasteiger partial charge in [0.25, 0.3) is 0 Å². The van der Waals surface area contributed by atoms with E-state index in [0.717, 1.165) is 5.06 Å². The summed E-state index contributed by atoms with van der Waals surface area (Å²) in [5, 5.41) is 26.1. The van der Waals surface area contributed by atoms with Crippen LogP contribution in [-0.2, 0) is 19.2 Å². The Kier molecular flexibility index (Phi) is 8.35. The van der Waals surface area contributed by atoms with Gasteiger partial charge in [0.2, 0.25) is 0 Å². The van der Waals surface area contributed by atoms with Crippen LogP contribution >= 0.6 is 0 Å². The molecule has 0 bridgehead atoms. The average molecular weight is 237 g/mol. The van der Waals surface area contributed by atoms with Gasteiger partial charge in [0.1, 0.15) is 13.1 Å². The number of nitrogens with zero attached hydrogens (tertiary/aromatic N) is 1. The molecular formula is C8H15NO7. The summed E-state index contributed by atoms with van der Waals surface area (Å²) in [5.41, 5.74) is 0. The van der Waals surface area contributed by atoms with Gasteiger partial charge in [-0.3, -0.25) is 14.4 Å². The Balaban J connectivity index is 3.73. The van der Waals surface area contributed by atoms with Crippen LogP contribution in [0.15, 0.2) is 0 Å². The molecule has 0 spiro atoms. The summed E-state index contributed by atoms with van der Waals surface area (Å²) in [4.78, 5) is 25.6. The van der Waals surface area contributed by atoms with Gasteiger partial charge in [-0.05, 0) is 0 Å². The van der Waals surface area contributed by atoms with E-state index in [1.807, 2.05) is 0 Å². The van der Waals surface area contributed by atoms with Gasteiger partial charge in [0.05, 0.1) is 26.4 Å². The number of hydrogen-bond donors (Lipinski definition) is 3. The molecule has 94 valence electrons. The lowest BCUT2D eigenvalue weighted by atomic mass is 10.5. The van der Waals surface area contributed by atoms with Gasteiger partial charge in [-0.2, -0.15) is 5.06 Å². The maximum atomic E-state index is 10.3. The van der Waals surface area contributed by atoms with Gasteiger partial charge in [-0.1, -0.05) is 0 Å². The largest absolute Gasteiger partial charge is 0.480 e. The molecule has 0 unspecified atom stereocenters. The molecular weight excluding hydrogens is 222 g/mol. The molecule has 0 amide bonds. The molecule has 0 aliphatic rings. The third-order valence-corrected chi connectivity index (χ3v) is 1.36. The molecule has 0 aliphatic carbocycles. The number of aliphatic hydroxyl groups excluding tert-OH is 1. The van der Waals surface area contributed by atoms with Gasteiger partial charge in [0.15, 0.2) is 0 Å². The van der Waals surface area contributed by atoms with Crippen LogP contribution in [0.25, 0.3) is 0 Å². The van der Waals surface area contributed by atoms with Crippen LogP contribution in [0, 0.1) is 0 Å². The van der Waals surface area contributed by atoms with Crippen molar-refractivity contribution >= 4 is 11.9 Å². The first-order chi connectivity index (χ1) is 7.56. The summed E-state index contributed by atoms with van der Waals surface area (Å²) in [6.45, 7) is -0.829. The number of aliphatic carboxylic acids is 2. The first-order valence-electron chi connectivity index (χ1n) is 4.56. The minimum atomic E-state index is -1.18. The highest BCUT2D eigenvalue weighted by Gasteiger charge is 2.13. The molecule has 0 aromatic carbocycles. The van der Waals surface area contributed by atoms with Crippen molar-refractivity contribution in [3.05, 3.63) is 0 Å². The maximum Gasteiger partial charge on any atom is 0.320 e. The van der Waals surface area contributed by atoms with E-state index in [4.69, 9.17) is 24.9 Å². The van der Waals surface area contributed by atoms with Crippen molar-refractivity contribution in [3.8, 4) is 0 Å². The normalized spacial score (nSPS) is 10.6. The quantitative estimate of drug-likeness (QED) is 0.307. The highest BCUT2D eigenvalue weighted by Crippen LogP contribution is 1.91. The summed E-state index contributed by atoms with van der Waals surface area (Å²) in [6, 6.07) is 0. The molecule has 3 N–H and O–H groups in total. The lowest BCUT2D eigenvalue weighted by molar-refractivity contribution is -0.189. The van der Waals surface area contributed by atoms with Crippen LogP contribution in [0.3, 0.4) is 0 Å². The van der Waals surface area contributed by atoms with E-state index in [1.165, 1.54) is 0 Å². The van der Waals surface area contributed by atoms with E-state index in [9.17, 15) is 9.59 Å². The molecule has 16 heavy (non-hydrogen) atoms. The second-order valence-electron chi connectivity index (χ2n) is 2.75. The first-order valence-corrected chi connectivity index (χ1v) is 4.56. The highest BCUT2D eigenvalue weighted by atomic mass is 16.7. The molecule has 0 radical (unpaired) electrons. The van der Waals surface area contributed by atoms with E-state index >= 15 is 0 Å². The third-order valence-electron chi connectivity index (χ3n) is 1.36. The number of hydroxylamine groups is 2. The van der Waals surface area contributed by atoms with Crippen LogP contribution in [0.2, 0.25) is 0 Å². The number of aliphatic hydroxyl groups is 1. The zero-order valence-electron chi connectivity index (χ0n) is 8.66. The monoisotopic (exact) mass is 237 g/mol. The highest BCUT2D eigenvalue weighted by molar-refractivity contribution is 5.72. The zero-order valence-corrected chi connectivity index (χ0v) is 8.66. The summed E-state index contributed by atoms with van der Waals surface area (Å²) in [7, 11) is 0. The Bertz CT molecular complexity index is 204. The second kappa shape index (κ2) is 9.04. The molecule has 0 aromatic heterocycles. The SMILES string of the molecule is O=C(O)CN(CC(=O)O)OCCOCCO. The smallest absolute Gasteiger partial charge is 0.320 e. The Morgan fingerprint density at radius 3 is 2.00 bits per heavy atom. The van der Waals surface area contributed by atoms with Crippen LogP contribution in [-0.4, -0.2) is 71.8 Å². The van der Waals surface area contributed by atoms with E-state index < -0.39 is 25.0 Å². The summed E-state index contributed by atoms with van der Waals surface area (Å²) in [5.74, 6) is -2.37. The lowest BCUT2D eigenvalue weighted by Crippen LogP contribution is -2.35. The Hall–Kier alpha value is -1.22. The molecule has 0 saturated carbocycles. The van der Waals surface area contributed by atoms with Crippen LogP contribution in [0.4, 0.5) is 0 Å². The van der Waals surface area contributed by atoms with Crippen molar-refractivity contribution in [2.24, 2.45) is 0 Å². The zero-order chi connectivity index (χ0) is 12.4. The van der Waals surface area contributed by atoms with Gasteiger partial charge >= 0.3 is 11.9 Å². The van der Waals surface area contributed by atoms with Crippen molar-refractivity contribution in [2.45, 2.75) is 0 Å². The second-order valence-corrected chi connectivity index (χ2v) is 2.75. The average Bonchev–Trinajstić information content (AvgIpc) is 2.15. The van der Waals surface area contributed by atoms with Crippen LogP contribution < -0.4 is 0 Å². The Morgan fingerprint density at radius 1 is 1.00 bits per heavy atom. The minimum absolute atomic E-state index is 0.0283. The molecule has 0 atom stereocenters. The number of carbonyl (C=O) groups is 2. The number of ether oxygens (including phenoxy) is 1. The standard InChI is InChI=1S/C8H15NO7/c10-1-2-15-3-4-16-9(5-7(11)12)6-8(13)14/h10H,1-6H2,(H,11,12)(H,13,14). The molecule has 0 aromatic rings. The van der Waals surface area contributed by atoms with Crippen molar-refractivity contribution in [1.82, 2.24) is 5.06 Å². The Morgan fingerprint density at radius 2 is 1.56 bits per heavy atom. The van der Waals surface area contributed by atoms with Crippen molar-refractivity contribution in [1.29, 1.82) is 0 Å².